The Balaban J connectivity index is 2.54. The predicted molar refractivity (Wildman–Crippen MR) is 92.4 cm³/mol. The van der Waals surface area contributed by atoms with E-state index in [1.54, 1.807) is 0 Å². The summed E-state index contributed by atoms with van der Waals surface area (Å²) in [6, 6.07) is 4.12. The Morgan fingerprint density at radius 3 is 2.50 bits per heavy atom. The molecule has 0 radical (unpaired) electrons. The molecule has 1 aliphatic rings. The van der Waals surface area contributed by atoms with Gasteiger partial charge in [-0.05, 0) is 19.1 Å². The second-order valence-corrected chi connectivity index (χ2v) is 6.88. The van der Waals surface area contributed by atoms with Gasteiger partial charge in [-0.3, -0.25) is 4.79 Å². The maximum atomic E-state index is 12.1. The molecule has 0 unspecified atom stereocenters. The number of nitrogens with zero attached hydrogens (tertiary/aromatic N) is 2. The number of sulfonamides is 1. The van der Waals surface area contributed by atoms with Gasteiger partial charge >= 0.3 is 5.97 Å². The van der Waals surface area contributed by atoms with Crippen LogP contribution in [-0.2, 0) is 19.6 Å². The van der Waals surface area contributed by atoms with Crippen molar-refractivity contribution in [2.75, 3.05) is 26.0 Å². The normalized spacial score (nSPS) is 15.4. The summed E-state index contributed by atoms with van der Waals surface area (Å²) in [5, 5.41) is 22.5. The number of ether oxygens (including phenoxy) is 1. The number of benzene rings is 1. The predicted octanol–water partition coefficient (Wildman–Crippen LogP) is 0.580. The molecule has 0 aliphatic carbocycles. The zero-order chi connectivity index (χ0) is 19.6. The number of carbonyl (C=O) groups is 2. The number of esters is 1. The molecular weight excluding hydrogens is 366 g/mol. The molecule has 11 heteroatoms. The van der Waals surface area contributed by atoms with Gasteiger partial charge in [0.1, 0.15) is 5.70 Å². The maximum absolute atomic E-state index is 12.1. The average molecular weight is 383 g/mol. The lowest BCUT2D eigenvalue weighted by molar-refractivity contribution is -0.137. The van der Waals surface area contributed by atoms with Gasteiger partial charge < -0.3 is 25.2 Å². The third-order valence-corrected chi connectivity index (χ3v) is 4.61. The molecule has 1 amide bonds. The van der Waals surface area contributed by atoms with Gasteiger partial charge in [0.15, 0.2) is 5.75 Å². The molecular formula is C15H17N3O7S. The fraction of sp³-hybridized carbons (Fsp3) is 0.267. The molecule has 0 spiro atoms. The highest BCUT2D eigenvalue weighted by molar-refractivity contribution is 7.95. The summed E-state index contributed by atoms with van der Waals surface area (Å²) >= 11 is 0. The molecule has 0 aromatic heterocycles. The largest absolute Gasteiger partial charge is 0.505 e. The van der Waals surface area contributed by atoms with E-state index in [2.05, 4.69) is 14.5 Å². The zero-order valence-corrected chi connectivity index (χ0v) is 15.0. The Kier molecular flexibility index (Phi) is 5.21. The second-order valence-electron chi connectivity index (χ2n) is 5.34. The van der Waals surface area contributed by atoms with Crippen LogP contribution in [0.25, 0.3) is 0 Å². The van der Waals surface area contributed by atoms with Gasteiger partial charge in [0.2, 0.25) is 10.8 Å². The molecule has 1 aromatic rings. The minimum atomic E-state index is -4.46. The minimum absolute atomic E-state index is 0.0597. The van der Waals surface area contributed by atoms with Crippen molar-refractivity contribution >= 4 is 33.5 Å². The van der Waals surface area contributed by atoms with Crippen LogP contribution in [0.1, 0.15) is 17.3 Å². The number of hydrogen-bond donors (Lipinski definition) is 3. The van der Waals surface area contributed by atoms with Crippen molar-refractivity contribution in [2.24, 2.45) is 4.40 Å². The summed E-state index contributed by atoms with van der Waals surface area (Å²) in [6.07, 6.45) is 0. The highest BCUT2D eigenvalue weighted by atomic mass is 32.2. The number of aromatic hydroxyl groups is 1. The molecule has 1 aliphatic heterocycles. The van der Waals surface area contributed by atoms with Gasteiger partial charge in [-0.25, -0.2) is 4.79 Å². The molecule has 0 saturated carbocycles. The van der Waals surface area contributed by atoms with Gasteiger partial charge in [-0.2, -0.15) is 8.42 Å². The molecule has 0 fully saturated rings. The SMILES string of the molecule is CCOC(=O)C1=C(Nc2cccc(C(=O)N(C)C)c2O)C(O)=NS1(=O)=O. The highest BCUT2D eigenvalue weighted by Crippen LogP contribution is 2.32. The van der Waals surface area contributed by atoms with Crippen LogP contribution in [0.5, 0.6) is 5.75 Å². The van der Waals surface area contributed by atoms with E-state index in [4.69, 9.17) is 0 Å². The smallest absolute Gasteiger partial charge is 0.354 e. The van der Waals surface area contributed by atoms with Crippen molar-refractivity contribution in [3.05, 3.63) is 34.4 Å². The molecule has 0 atom stereocenters. The molecule has 1 heterocycles. The van der Waals surface area contributed by atoms with Crippen LogP contribution in [0.2, 0.25) is 0 Å². The van der Waals surface area contributed by atoms with Crippen LogP contribution >= 0.6 is 0 Å². The first kappa shape index (κ1) is 19.2. The van der Waals surface area contributed by atoms with E-state index in [0.717, 1.165) is 0 Å². The number of nitrogens with one attached hydrogen (secondary N) is 1. The van der Waals surface area contributed by atoms with Crippen LogP contribution in [0.4, 0.5) is 5.69 Å². The molecule has 0 saturated heterocycles. The Morgan fingerprint density at radius 2 is 1.92 bits per heavy atom. The summed E-state index contributed by atoms with van der Waals surface area (Å²) in [4.78, 5) is 24.4. The number of phenols is 1. The van der Waals surface area contributed by atoms with Crippen LogP contribution in [0, 0.1) is 0 Å². The van der Waals surface area contributed by atoms with E-state index in [1.807, 2.05) is 0 Å². The topological polar surface area (TPSA) is 146 Å². The summed E-state index contributed by atoms with van der Waals surface area (Å²) in [7, 11) is -1.47. The van der Waals surface area contributed by atoms with Crippen molar-refractivity contribution in [1.82, 2.24) is 4.90 Å². The highest BCUT2D eigenvalue weighted by Gasteiger charge is 2.39. The lowest BCUT2D eigenvalue weighted by Crippen LogP contribution is -2.22. The van der Waals surface area contributed by atoms with Crippen molar-refractivity contribution in [3.8, 4) is 5.75 Å². The van der Waals surface area contributed by atoms with Crippen LogP contribution < -0.4 is 5.32 Å². The standard InChI is InChI=1S/C15H17N3O7S/c1-4-25-15(22)12-10(13(20)17-26(12,23)24)16-9-7-5-6-8(11(9)19)14(21)18(2)3/h5-7,16,19H,4H2,1-3H3,(H,17,20). The fourth-order valence-electron chi connectivity index (χ4n) is 2.14. The molecule has 1 aromatic carbocycles. The van der Waals surface area contributed by atoms with E-state index < -0.39 is 44.1 Å². The van der Waals surface area contributed by atoms with Crippen LogP contribution in [-0.4, -0.2) is 62.0 Å². The molecule has 3 N–H and O–H groups in total. The number of rotatable bonds is 5. The Labute approximate surface area is 149 Å². The molecule has 10 nitrogen and oxygen atoms in total. The third-order valence-electron chi connectivity index (χ3n) is 3.31. The second kappa shape index (κ2) is 7.04. The van der Waals surface area contributed by atoms with Gasteiger partial charge in [0, 0.05) is 14.1 Å². The van der Waals surface area contributed by atoms with Crippen molar-refractivity contribution < 1.29 is 33.0 Å². The number of aliphatic hydroxyl groups is 1. The summed E-state index contributed by atoms with van der Waals surface area (Å²) in [5.74, 6) is -3.15. The molecule has 26 heavy (non-hydrogen) atoms. The lowest BCUT2D eigenvalue weighted by Gasteiger charge is -2.15. The first-order valence-electron chi connectivity index (χ1n) is 7.36. The lowest BCUT2D eigenvalue weighted by atomic mass is 10.1. The zero-order valence-electron chi connectivity index (χ0n) is 14.2. The molecule has 0 bridgehead atoms. The van der Waals surface area contributed by atoms with Crippen molar-refractivity contribution in [3.63, 3.8) is 0 Å². The summed E-state index contributed by atoms with van der Waals surface area (Å²) < 4.78 is 31.7. The van der Waals surface area contributed by atoms with Crippen LogP contribution in [0.15, 0.2) is 33.2 Å². The molecule has 2 rings (SSSR count). The summed E-state index contributed by atoms with van der Waals surface area (Å²) in [6.45, 7) is 1.39. The van der Waals surface area contributed by atoms with Gasteiger partial charge in [0.05, 0.1) is 17.9 Å². The van der Waals surface area contributed by atoms with Crippen molar-refractivity contribution in [1.29, 1.82) is 0 Å². The number of carbonyl (C=O) groups excluding carboxylic acids is 2. The number of hydrogen-bond acceptors (Lipinski definition) is 7. The molecule has 140 valence electrons. The number of aliphatic hydroxyl groups excluding tert-OH is 1. The van der Waals surface area contributed by atoms with Gasteiger partial charge in [-0.1, -0.05) is 6.07 Å². The van der Waals surface area contributed by atoms with E-state index in [1.165, 1.54) is 44.1 Å². The van der Waals surface area contributed by atoms with E-state index in [-0.39, 0.29) is 17.9 Å². The van der Waals surface area contributed by atoms with Crippen LogP contribution in [0.3, 0.4) is 0 Å². The van der Waals surface area contributed by atoms with Gasteiger partial charge in [0.25, 0.3) is 15.9 Å². The first-order chi connectivity index (χ1) is 12.1. The Morgan fingerprint density at radius 1 is 1.27 bits per heavy atom. The minimum Gasteiger partial charge on any atom is -0.505 e. The average Bonchev–Trinajstić information content (AvgIpc) is 2.77. The monoisotopic (exact) mass is 383 g/mol. The maximum Gasteiger partial charge on any atom is 0.354 e. The Hall–Kier alpha value is -3.08. The summed E-state index contributed by atoms with van der Waals surface area (Å²) in [5.41, 5.74) is -0.711. The van der Waals surface area contributed by atoms with E-state index in [9.17, 15) is 28.2 Å². The Bertz CT molecular complexity index is 933. The first-order valence-corrected chi connectivity index (χ1v) is 8.80. The number of phenolic OH excluding ortho intramolecular Hbond substituents is 1. The quantitative estimate of drug-likeness (QED) is 0.494. The number of amides is 1. The third kappa shape index (κ3) is 3.47. The van der Waals surface area contributed by atoms with Crippen molar-refractivity contribution in [2.45, 2.75) is 6.92 Å². The van der Waals surface area contributed by atoms with Gasteiger partial charge in [-0.15, -0.1) is 4.40 Å². The fourth-order valence-corrected chi connectivity index (χ4v) is 3.22. The van der Waals surface area contributed by atoms with E-state index in [0.29, 0.717) is 0 Å². The number of para-hydroxylation sites is 1. The van der Waals surface area contributed by atoms with E-state index >= 15 is 0 Å². The number of anilines is 1.